The summed E-state index contributed by atoms with van der Waals surface area (Å²) in [5.74, 6) is 0.862. The van der Waals surface area contributed by atoms with Crippen LogP contribution in [0.15, 0.2) is 30.3 Å². The fourth-order valence-corrected chi connectivity index (χ4v) is 4.12. The zero-order valence-electron chi connectivity index (χ0n) is 16.0. The van der Waals surface area contributed by atoms with Crippen LogP contribution in [0.4, 0.5) is 0 Å². The Kier molecular flexibility index (Phi) is 4.85. The smallest absolute Gasteiger partial charge is 0.339 e. The van der Waals surface area contributed by atoms with E-state index in [2.05, 4.69) is 18.8 Å². The van der Waals surface area contributed by atoms with Crippen LogP contribution in [-0.4, -0.2) is 41.5 Å². The molecular weight excluding hydrogens is 340 g/mol. The summed E-state index contributed by atoms with van der Waals surface area (Å²) in [5, 5.41) is 0.777. The number of piperidine rings is 1. The Morgan fingerprint density at radius 3 is 2.56 bits per heavy atom. The van der Waals surface area contributed by atoms with Gasteiger partial charge in [0.15, 0.2) is 6.61 Å². The van der Waals surface area contributed by atoms with E-state index in [9.17, 15) is 9.59 Å². The van der Waals surface area contributed by atoms with Crippen molar-refractivity contribution in [2.45, 2.75) is 39.0 Å². The number of hydrogen-bond acceptors (Lipinski definition) is 4. The van der Waals surface area contributed by atoms with Crippen molar-refractivity contribution in [2.75, 3.05) is 19.7 Å². The Bertz CT molecular complexity index is 865. The van der Waals surface area contributed by atoms with Gasteiger partial charge in [-0.1, -0.05) is 32.0 Å². The van der Waals surface area contributed by atoms with E-state index >= 15 is 0 Å². The predicted octanol–water partition coefficient (Wildman–Crippen LogP) is 3.77. The Morgan fingerprint density at radius 1 is 1.15 bits per heavy atom. The largest absolute Gasteiger partial charge is 0.452 e. The van der Waals surface area contributed by atoms with Crippen molar-refractivity contribution in [1.29, 1.82) is 0 Å². The molecule has 1 aliphatic heterocycles. The molecule has 1 saturated heterocycles. The third-order valence-electron chi connectivity index (χ3n) is 5.50. The highest BCUT2D eigenvalue weighted by atomic mass is 16.5. The summed E-state index contributed by atoms with van der Waals surface area (Å²) < 4.78 is 5.42. The van der Waals surface area contributed by atoms with Crippen molar-refractivity contribution in [3.05, 3.63) is 41.6 Å². The van der Waals surface area contributed by atoms with Crippen molar-refractivity contribution < 1.29 is 14.3 Å². The van der Waals surface area contributed by atoms with Gasteiger partial charge in [0, 0.05) is 30.1 Å². The number of amides is 1. The summed E-state index contributed by atoms with van der Waals surface area (Å²) >= 11 is 0. The number of nitrogens with zero attached hydrogens (tertiary/aromatic N) is 2. The normalized spacial score (nSPS) is 22.7. The molecule has 2 heterocycles. The van der Waals surface area contributed by atoms with Crippen molar-refractivity contribution in [3.8, 4) is 0 Å². The monoisotopic (exact) mass is 366 g/mol. The second kappa shape index (κ2) is 7.29. The maximum absolute atomic E-state index is 12.7. The number of benzene rings is 1. The number of aromatic nitrogens is 1. The van der Waals surface area contributed by atoms with E-state index < -0.39 is 5.97 Å². The van der Waals surface area contributed by atoms with E-state index in [-0.39, 0.29) is 12.5 Å². The quantitative estimate of drug-likeness (QED) is 0.773. The lowest BCUT2D eigenvalue weighted by Gasteiger charge is -2.34. The third kappa shape index (κ3) is 3.97. The maximum Gasteiger partial charge on any atom is 0.339 e. The number of fused-ring (bicyclic) bond motifs is 1. The number of esters is 1. The minimum absolute atomic E-state index is 0.109. The SMILES string of the molecule is CC1CC(C)CN(C(=O)COC(=O)c2cc(C3CC3)nc3ccccc23)C1. The molecule has 1 amide bonds. The highest BCUT2D eigenvalue weighted by Crippen LogP contribution is 2.40. The van der Waals surface area contributed by atoms with Crippen molar-refractivity contribution in [1.82, 2.24) is 9.88 Å². The van der Waals surface area contributed by atoms with Crippen LogP contribution < -0.4 is 0 Å². The van der Waals surface area contributed by atoms with Gasteiger partial charge in [0.25, 0.3) is 5.91 Å². The molecule has 2 atom stereocenters. The van der Waals surface area contributed by atoms with Gasteiger partial charge in [0.1, 0.15) is 0 Å². The molecule has 27 heavy (non-hydrogen) atoms. The van der Waals surface area contributed by atoms with Crippen molar-refractivity contribution >= 4 is 22.8 Å². The molecule has 1 aliphatic carbocycles. The number of para-hydroxylation sites is 1. The summed E-state index contributed by atoms with van der Waals surface area (Å²) in [7, 11) is 0. The summed E-state index contributed by atoms with van der Waals surface area (Å²) in [6, 6.07) is 9.45. The minimum atomic E-state index is -0.443. The molecule has 2 unspecified atom stereocenters. The maximum atomic E-state index is 12.7. The van der Waals surface area contributed by atoms with Gasteiger partial charge in [-0.15, -0.1) is 0 Å². The van der Waals surface area contributed by atoms with E-state index in [0.717, 1.165) is 48.9 Å². The first kappa shape index (κ1) is 18.0. The Labute approximate surface area is 159 Å². The summed E-state index contributed by atoms with van der Waals surface area (Å²) in [6.45, 7) is 5.60. The summed E-state index contributed by atoms with van der Waals surface area (Å²) in [4.78, 5) is 31.8. The first-order chi connectivity index (χ1) is 13.0. The van der Waals surface area contributed by atoms with Gasteiger partial charge in [0.05, 0.1) is 11.1 Å². The van der Waals surface area contributed by atoms with Gasteiger partial charge in [0.2, 0.25) is 0 Å². The molecule has 4 rings (SSSR count). The number of carbonyl (C=O) groups excluding carboxylic acids is 2. The van der Waals surface area contributed by atoms with E-state index in [4.69, 9.17) is 4.74 Å². The highest BCUT2D eigenvalue weighted by Gasteiger charge is 2.28. The van der Waals surface area contributed by atoms with Crippen LogP contribution in [0.1, 0.15) is 55.1 Å². The van der Waals surface area contributed by atoms with E-state index in [1.807, 2.05) is 35.2 Å². The van der Waals surface area contributed by atoms with E-state index in [0.29, 0.717) is 23.3 Å². The highest BCUT2D eigenvalue weighted by molar-refractivity contribution is 6.04. The fraction of sp³-hybridized carbons (Fsp3) is 0.500. The zero-order valence-corrected chi connectivity index (χ0v) is 16.0. The first-order valence-electron chi connectivity index (χ1n) is 9.86. The molecule has 0 spiro atoms. The molecule has 1 saturated carbocycles. The molecule has 5 heteroatoms. The number of hydrogen-bond donors (Lipinski definition) is 0. The molecule has 1 aromatic carbocycles. The van der Waals surface area contributed by atoms with Gasteiger partial charge in [-0.25, -0.2) is 4.79 Å². The van der Waals surface area contributed by atoms with Crippen LogP contribution >= 0.6 is 0 Å². The third-order valence-corrected chi connectivity index (χ3v) is 5.50. The lowest BCUT2D eigenvalue weighted by molar-refractivity contribution is -0.137. The Morgan fingerprint density at radius 2 is 1.85 bits per heavy atom. The van der Waals surface area contributed by atoms with Gasteiger partial charge in [-0.2, -0.15) is 0 Å². The molecule has 2 aliphatic rings. The second-order valence-electron chi connectivity index (χ2n) is 8.21. The molecule has 2 fully saturated rings. The van der Waals surface area contributed by atoms with Crippen LogP contribution in [0.25, 0.3) is 10.9 Å². The molecule has 1 aromatic heterocycles. The molecule has 5 nitrogen and oxygen atoms in total. The number of carbonyl (C=O) groups is 2. The molecule has 0 N–H and O–H groups in total. The van der Waals surface area contributed by atoms with Crippen molar-refractivity contribution in [3.63, 3.8) is 0 Å². The van der Waals surface area contributed by atoms with Crippen LogP contribution in [0.2, 0.25) is 0 Å². The van der Waals surface area contributed by atoms with Gasteiger partial charge in [-0.05, 0) is 43.2 Å². The minimum Gasteiger partial charge on any atom is -0.452 e. The topological polar surface area (TPSA) is 59.5 Å². The number of rotatable bonds is 4. The lowest BCUT2D eigenvalue weighted by Crippen LogP contribution is -2.44. The average molecular weight is 366 g/mol. The van der Waals surface area contributed by atoms with E-state index in [1.165, 1.54) is 0 Å². The molecular formula is C22H26N2O3. The van der Waals surface area contributed by atoms with Crippen LogP contribution in [0.5, 0.6) is 0 Å². The second-order valence-corrected chi connectivity index (χ2v) is 8.21. The summed E-state index contributed by atoms with van der Waals surface area (Å²) in [5.41, 5.74) is 2.26. The van der Waals surface area contributed by atoms with Gasteiger partial charge < -0.3 is 9.64 Å². The predicted molar refractivity (Wildman–Crippen MR) is 104 cm³/mol. The van der Waals surface area contributed by atoms with Gasteiger partial charge in [-0.3, -0.25) is 9.78 Å². The Hall–Kier alpha value is -2.43. The molecule has 0 bridgehead atoms. The Balaban J connectivity index is 1.49. The van der Waals surface area contributed by atoms with E-state index in [1.54, 1.807) is 0 Å². The fourth-order valence-electron chi connectivity index (χ4n) is 4.12. The molecule has 2 aromatic rings. The first-order valence-corrected chi connectivity index (χ1v) is 9.86. The number of likely N-dealkylation sites (tertiary alicyclic amines) is 1. The summed E-state index contributed by atoms with van der Waals surface area (Å²) in [6.07, 6.45) is 3.36. The standard InChI is InChI=1S/C22H26N2O3/c1-14-9-15(2)12-24(11-14)21(25)13-27-22(26)18-10-20(16-7-8-16)23-19-6-4-3-5-17(18)19/h3-6,10,14-16H,7-9,11-13H2,1-2H3. The van der Waals surface area contributed by atoms with Crippen LogP contribution in [-0.2, 0) is 9.53 Å². The lowest BCUT2D eigenvalue weighted by atomic mass is 9.92. The molecule has 142 valence electrons. The van der Waals surface area contributed by atoms with Crippen LogP contribution in [0, 0.1) is 11.8 Å². The number of pyridine rings is 1. The van der Waals surface area contributed by atoms with Crippen LogP contribution in [0.3, 0.4) is 0 Å². The molecule has 0 radical (unpaired) electrons. The van der Waals surface area contributed by atoms with Crippen molar-refractivity contribution in [2.24, 2.45) is 11.8 Å². The number of ether oxygens (including phenoxy) is 1. The zero-order chi connectivity index (χ0) is 19.0. The average Bonchev–Trinajstić information content (AvgIpc) is 3.49. The van der Waals surface area contributed by atoms with Gasteiger partial charge >= 0.3 is 5.97 Å².